The van der Waals surface area contributed by atoms with Gasteiger partial charge in [0, 0.05) is 12.0 Å². The maximum atomic E-state index is 12.8. The van der Waals surface area contributed by atoms with Crippen LogP contribution in [0.4, 0.5) is 5.69 Å². The van der Waals surface area contributed by atoms with Crippen LogP contribution in [-0.4, -0.2) is 22.9 Å². The Balaban J connectivity index is 2.59. The zero-order valence-electron chi connectivity index (χ0n) is 12.9. The van der Waals surface area contributed by atoms with E-state index in [1.807, 2.05) is 6.07 Å². The number of hydrogen-bond acceptors (Lipinski definition) is 6. The van der Waals surface area contributed by atoms with Gasteiger partial charge in [-0.25, -0.2) is 0 Å². The number of ketones is 1. The minimum atomic E-state index is -0.831. The Labute approximate surface area is 133 Å². The third-order valence-electron chi connectivity index (χ3n) is 4.23. The fraction of sp³-hybridized carbons (Fsp3) is 0.500. The number of benzene rings is 1. The van der Waals surface area contributed by atoms with Crippen LogP contribution in [0.15, 0.2) is 6.07 Å². The van der Waals surface area contributed by atoms with E-state index >= 15 is 0 Å². The smallest absolute Gasteiger partial charge is 0.326 e. The lowest BCUT2D eigenvalue weighted by Crippen LogP contribution is -2.17. The maximum absolute atomic E-state index is 12.8. The molecular weight excluding hydrogens is 300 g/mol. The zero-order valence-corrected chi connectivity index (χ0v) is 12.9. The fourth-order valence-corrected chi connectivity index (χ4v) is 3.05. The van der Waals surface area contributed by atoms with Gasteiger partial charge in [-0.05, 0) is 12.8 Å². The van der Waals surface area contributed by atoms with Crippen LogP contribution in [0.25, 0.3) is 0 Å². The van der Waals surface area contributed by atoms with E-state index in [9.17, 15) is 25.3 Å². The summed E-state index contributed by atoms with van der Waals surface area (Å²) in [5.74, 6) is -1.69. The highest BCUT2D eigenvalue weighted by atomic mass is 16.6. The molecule has 1 aromatic carbocycles. The van der Waals surface area contributed by atoms with Gasteiger partial charge in [0.1, 0.15) is 11.6 Å². The quantitative estimate of drug-likeness (QED) is 0.394. The van der Waals surface area contributed by atoms with Crippen LogP contribution < -0.4 is 4.74 Å². The van der Waals surface area contributed by atoms with Crippen molar-refractivity contribution in [3.05, 3.63) is 27.3 Å². The van der Waals surface area contributed by atoms with E-state index in [1.54, 1.807) is 0 Å². The molecule has 23 heavy (non-hydrogen) atoms. The van der Waals surface area contributed by atoms with Crippen LogP contribution in [0, 0.1) is 27.4 Å². The summed E-state index contributed by atoms with van der Waals surface area (Å²) < 4.78 is 4.86. The molecule has 1 fully saturated rings. The van der Waals surface area contributed by atoms with Crippen molar-refractivity contribution in [2.75, 3.05) is 7.11 Å². The van der Waals surface area contributed by atoms with Crippen molar-refractivity contribution >= 4 is 11.5 Å². The number of nitriles is 1. The highest BCUT2D eigenvalue weighted by Crippen LogP contribution is 2.42. The number of nitro benzene ring substituents is 1. The largest absolute Gasteiger partial charge is 0.499 e. The van der Waals surface area contributed by atoms with E-state index in [0.29, 0.717) is 12.8 Å². The van der Waals surface area contributed by atoms with Gasteiger partial charge in [0.15, 0.2) is 11.5 Å². The number of aromatic hydroxyl groups is 1. The first-order valence-corrected chi connectivity index (χ1v) is 7.53. The number of phenols is 1. The number of carbonyl (C=O) groups excluding carboxylic acids is 1. The van der Waals surface area contributed by atoms with Crippen molar-refractivity contribution in [2.45, 2.75) is 38.5 Å². The lowest BCUT2D eigenvalue weighted by Gasteiger charge is -2.15. The van der Waals surface area contributed by atoms with Gasteiger partial charge in [0.05, 0.1) is 17.6 Å². The molecule has 1 aliphatic rings. The number of ether oxygens (including phenoxy) is 1. The molecule has 0 heterocycles. The second-order valence-electron chi connectivity index (χ2n) is 5.62. The summed E-state index contributed by atoms with van der Waals surface area (Å²) >= 11 is 0. The molecule has 0 spiro atoms. The van der Waals surface area contributed by atoms with Crippen LogP contribution in [0.5, 0.6) is 11.5 Å². The van der Waals surface area contributed by atoms with E-state index < -0.39 is 22.1 Å². The Hall–Kier alpha value is -2.62. The molecule has 1 aliphatic carbocycles. The van der Waals surface area contributed by atoms with Crippen molar-refractivity contribution in [1.82, 2.24) is 0 Å². The minimum absolute atomic E-state index is 0.138. The van der Waals surface area contributed by atoms with E-state index in [2.05, 4.69) is 0 Å². The molecule has 0 atom stereocenters. The average molecular weight is 318 g/mol. The summed E-state index contributed by atoms with van der Waals surface area (Å²) in [6, 6.07) is 2.98. The van der Waals surface area contributed by atoms with E-state index in [0.717, 1.165) is 25.7 Å². The molecule has 1 N–H and O–H groups in total. The number of nitro groups is 1. The molecule has 0 bridgehead atoms. The van der Waals surface area contributed by atoms with Crippen LogP contribution in [0.3, 0.4) is 0 Å². The van der Waals surface area contributed by atoms with Crippen molar-refractivity contribution in [2.24, 2.45) is 5.92 Å². The van der Waals surface area contributed by atoms with Gasteiger partial charge in [-0.1, -0.05) is 25.7 Å². The Morgan fingerprint density at radius 2 is 2.00 bits per heavy atom. The third kappa shape index (κ3) is 3.26. The Kier molecular flexibility index (Phi) is 5.16. The number of methoxy groups -OCH3 is 1. The monoisotopic (exact) mass is 318 g/mol. The molecule has 0 amide bonds. The molecule has 0 saturated heterocycles. The SMILES string of the molecule is COc1cc(C#N)c(C(=O)C2CCCCCC2)c([N+](=O)[O-])c1O. The van der Waals surface area contributed by atoms with Crippen molar-refractivity contribution in [1.29, 1.82) is 5.26 Å². The Morgan fingerprint density at radius 3 is 2.48 bits per heavy atom. The first kappa shape index (κ1) is 16.7. The van der Waals surface area contributed by atoms with Crippen molar-refractivity contribution < 1.29 is 19.6 Å². The zero-order chi connectivity index (χ0) is 17.0. The minimum Gasteiger partial charge on any atom is -0.499 e. The summed E-state index contributed by atoms with van der Waals surface area (Å²) in [6.07, 6.45) is 5.12. The van der Waals surface area contributed by atoms with Gasteiger partial charge in [-0.3, -0.25) is 14.9 Å². The molecule has 1 aromatic rings. The summed E-state index contributed by atoms with van der Waals surface area (Å²) in [6.45, 7) is 0. The molecule has 0 aromatic heterocycles. The molecule has 1 saturated carbocycles. The second-order valence-corrected chi connectivity index (χ2v) is 5.62. The number of hydrogen-bond donors (Lipinski definition) is 1. The predicted molar refractivity (Wildman–Crippen MR) is 81.6 cm³/mol. The molecule has 2 rings (SSSR count). The third-order valence-corrected chi connectivity index (χ3v) is 4.23. The van der Waals surface area contributed by atoms with Gasteiger partial charge < -0.3 is 9.84 Å². The molecule has 0 aliphatic heterocycles. The van der Waals surface area contributed by atoms with Crippen molar-refractivity contribution in [3.63, 3.8) is 0 Å². The molecule has 7 heteroatoms. The number of phenolic OH excluding ortho intramolecular Hbond substituents is 1. The van der Waals surface area contributed by atoms with Crippen molar-refractivity contribution in [3.8, 4) is 17.6 Å². The van der Waals surface area contributed by atoms with Gasteiger partial charge in [0.2, 0.25) is 5.75 Å². The lowest BCUT2D eigenvalue weighted by molar-refractivity contribution is -0.386. The first-order valence-electron chi connectivity index (χ1n) is 7.53. The lowest BCUT2D eigenvalue weighted by atomic mass is 9.87. The normalized spacial score (nSPS) is 15.5. The topological polar surface area (TPSA) is 113 Å². The number of rotatable bonds is 4. The molecule has 0 unspecified atom stereocenters. The van der Waals surface area contributed by atoms with E-state index in [4.69, 9.17) is 4.74 Å². The first-order chi connectivity index (χ1) is 11.0. The highest BCUT2D eigenvalue weighted by Gasteiger charge is 2.35. The number of Topliss-reactive ketones (excluding diaryl/α,β-unsaturated/α-hetero) is 1. The van der Waals surface area contributed by atoms with Crippen LogP contribution in [0.2, 0.25) is 0 Å². The molecule has 7 nitrogen and oxygen atoms in total. The van der Waals surface area contributed by atoms with Gasteiger partial charge in [-0.2, -0.15) is 5.26 Å². The van der Waals surface area contributed by atoms with Gasteiger partial charge in [0.25, 0.3) is 0 Å². The average Bonchev–Trinajstić information content (AvgIpc) is 2.82. The standard InChI is InChI=1S/C16H18N2O5/c1-23-12-8-11(9-17)13(14(16(12)20)18(21)22)15(19)10-6-4-2-3-5-7-10/h8,10,20H,2-7H2,1H3. The summed E-state index contributed by atoms with van der Waals surface area (Å²) in [5.41, 5.74) is -1.18. The Morgan fingerprint density at radius 1 is 1.39 bits per heavy atom. The molecule has 122 valence electrons. The summed E-state index contributed by atoms with van der Waals surface area (Å²) in [7, 11) is 1.23. The van der Waals surface area contributed by atoms with E-state index in [-0.39, 0.29) is 22.8 Å². The number of nitrogens with zero attached hydrogens (tertiary/aromatic N) is 2. The van der Waals surface area contributed by atoms with Crippen LogP contribution in [0.1, 0.15) is 54.4 Å². The number of carbonyl (C=O) groups is 1. The molecule has 0 radical (unpaired) electrons. The molecular formula is C16H18N2O5. The second kappa shape index (κ2) is 7.09. The predicted octanol–water partition coefficient (Wildman–Crippen LogP) is 3.33. The van der Waals surface area contributed by atoms with Gasteiger partial charge >= 0.3 is 5.69 Å². The summed E-state index contributed by atoms with van der Waals surface area (Å²) in [5, 5.41) is 30.7. The Bertz CT molecular complexity index is 670. The summed E-state index contributed by atoms with van der Waals surface area (Å²) in [4.78, 5) is 23.3. The fourth-order valence-electron chi connectivity index (χ4n) is 3.05. The van der Waals surface area contributed by atoms with Gasteiger partial charge in [-0.15, -0.1) is 0 Å². The van der Waals surface area contributed by atoms with Crippen LogP contribution >= 0.6 is 0 Å². The van der Waals surface area contributed by atoms with Crippen LogP contribution in [-0.2, 0) is 0 Å². The highest BCUT2D eigenvalue weighted by molar-refractivity contribution is 6.05. The van der Waals surface area contributed by atoms with E-state index in [1.165, 1.54) is 13.2 Å². The maximum Gasteiger partial charge on any atom is 0.326 e.